The molecular weight excluding hydrogens is 378 g/mol. The predicted octanol–water partition coefficient (Wildman–Crippen LogP) is 5.36. The van der Waals surface area contributed by atoms with Gasteiger partial charge in [0.2, 0.25) is 5.92 Å². The van der Waals surface area contributed by atoms with Crippen LogP contribution in [0.25, 0.3) is 21.5 Å². The van der Waals surface area contributed by atoms with Crippen molar-refractivity contribution in [1.29, 1.82) is 0 Å². The van der Waals surface area contributed by atoms with Gasteiger partial charge in [-0.2, -0.15) is 0 Å². The lowest BCUT2D eigenvalue weighted by atomic mass is 9.84. The first-order chi connectivity index (χ1) is 13.4. The highest BCUT2D eigenvalue weighted by atomic mass is 32.1. The van der Waals surface area contributed by atoms with E-state index in [0.29, 0.717) is 24.6 Å². The molecule has 7 heteroatoms. The molecule has 0 atom stereocenters. The lowest BCUT2D eigenvalue weighted by Crippen LogP contribution is -2.25. The monoisotopic (exact) mass is 400 g/mol. The Balaban J connectivity index is 1.56. The van der Waals surface area contributed by atoms with Crippen LogP contribution in [0.1, 0.15) is 36.1 Å². The van der Waals surface area contributed by atoms with Crippen LogP contribution >= 0.6 is 11.3 Å². The summed E-state index contributed by atoms with van der Waals surface area (Å²) < 4.78 is 26.7. The second kappa shape index (κ2) is 7.54. The summed E-state index contributed by atoms with van der Waals surface area (Å²) in [5.74, 6) is -1.70. The van der Waals surface area contributed by atoms with Gasteiger partial charge in [-0.25, -0.2) is 18.7 Å². The smallest absolute Gasteiger partial charge is 0.248 e. The van der Waals surface area contributed by atoms with Gasteiger partial charge in [0, 0.05) is 53.7 Å². The van der Waals surface area contributed by atoms with E-state index >= 15 is 0 Å². The average molecular weight is 400 g/mol. The molecule has 0 saturated heterocycles. The maximum absolute atomic E-state index is 13.4. The molecule has 0 aromatic carbocycles. The number of nitrogens with two attached hydrogens (primary N) is 1. The minimum Gasteiger partial charge on any atom is -0.383 e. The number of hydrogen-bond acceptors (Lipinski definition) is 5. The summed E-state index contributed by atoms with van der Waals surface area (Å²) >= 11 is 1.65. The highest BCUT2D eigenvalue weighted by Crippen LogP contribution is 2.39. The van der Waals surface area contributed by atoms with Crippen LogP contribution in [0.3, 0.4) is 0 Å². The summed E-state index contributed by atoms with van der Waals surface area (Å²) in [4.78, 5) is 15.2. The normalized spacial score (nSPS) is 17.5. The third-order valence-corrected chi connectivity index (χ3v) is 6.34. The maximum atomic E-state index is 13.4. The molecule has 0 spiro atoms. The Bertz CT molecular complexity index is 1020. The summed E-state index contributed by atoms with van der Waals surface area (Å²) in [5.41, 5.74) is 8.37. The molecule has 28 heavy (non-hydrogen) atoms. The summed E-state index contributed by atoms with van der Waals surface area (Å²) in [6.45, 7) is 0. The van der Waals surface area contributed by atoms with Crippen LogP contribution in [0.4, 0.5) is 14.6 Å². The first kappa shape index (κ1) is 18.9. The van der Waals surface area contributed by atoms with Crippen LogP contribution in [-0.4, -0.2) is 29.2 Å². The number of anilines is 1. The number of nitrogen functional groups attached to an aromatic ring is 1. The maximum Gasteiger partial charge on any atom is 0.248 e. The summed E-state index contributed by atoms with van der Waals surface area (Å²) in [5, 5.41) is 1.09. The number of hydrogen-bond donors (Lipinski definition) is 1. The van der Waals surface area contributed by atoms with Crippen LogP contribution in [0.15, 0.2) is 35.5 Å². The third-order valence-electron chi connectivity index (χ3n) is 5.27. The molecule has 1 fully saturated rings. The number of rotatable bonds is 4. The number of aromatic nitrogens is 2. The van der Waals surface area contributed by atoms with Crippen molar-refractivity contribution < 1.29 is 8.78 Å². The number of fused-ring (bicyclic) bond motifs is 1. The Labute approximate surface area is 166 Å². The Hall–Kier alpha value is -2.41. The molecule has 1 aliphatic carbocycles. The van der Waals surface area contributed by atoms with Crippen LogP contribution in [-0.2, 0) is 6.42 Å². The van der Waals surface area contributed by atoms with E-state index in [9.17, 15) is 8.78 Å². The van der Waals surface area contributed by atoms with Crippen molar-refractivity contribution in [3.05, 3.63) is 40.9 Å². The highest BCUT2D eigenvalue weighted by Gasteiger charge is 2.34. The fourth-order valence-electron chi connectivity index (χ4n) is 3.69. The van der Waals surface area contributed by atoms with E-state index in [0.717, 1.165) is 33.5 Å². The van der Waals surface area contributed by atoms with Gasteiger partial charge in [-0.15, -0.1) is 11.3 Å². The Morgan fingerprint density at radius 3 is 2.82 bits per heavy atom. The van der Waals surface area contributed by atoms with Gasteiger partial charge in [0.05, 0.1) is 5.69 Å². The molecule has 1 aliphatic rings. The Kier molecular flexibility index (Phi) is 5.10. The standard InChI is InChI=1S/C21H22F2N4S/c1-25-11-16-9-15(12-26-19(16)24)18-3-2-14-10-17(28-20(14)27-18)8-13-4-6-21(22,23)7-5-13/h2-3,9-13H,4-8H2,1H3,(H2,24,26). The number of nitrogens with zero attached hydrogens (tertiary/aromatic N) is 3. The quantitative estimate of drug-likeness (QED) is 0.600. The van der Waals surface area contributed by atoms with Crippen LogP contribution in [0.2, 0.25) is 0 Å². The second-order valence-electron chi connectivity index (χ2n) is 7.39. The number of thiophene rings is 1. The SMILES string of the molecule is CN=Cc1cc(-c2ccc3cc(CC4CCC(F)(F)CC4)sc3n2)cnc1N. The van der Waals surface area contributed by atoms with Crippen LogP contribution in [0, 0.1) is 5.92 Å². The third kappa shape index (κ3) is 4.04. The Morgan fingerprint density at radius 2 is 2.07 bits per heavy atom. The fraction of sp³-hybridized carbons (Fsp3) is 0.381. The first-order valence-electron chi connectivity index (χ1n) is 9.39. The number of halogens is 2. The molecule has 4 nitrogen and oxygen atoms in total. The van der Waals surface area contributed by atoms with E-state index in [2.05, 4.69) is 22.1 Å². The van der Waals surface area contributed by atoms with E-state index in [1.165, 1.54) is 4.88 Å². The van der Waals surface area contributed by atoms with Gasteiger partial charge < -0.3 is 5.73 Å². The van der Waals surface area contributed by atoms with Crippen molar-refractivity contribution >= 4 is 33.6 Å². The van der Waals surface area contributed by atoms with Crippen LogP contribution < -0.4 is 5.73 Å². The van der Waals surface area contributed by atoms with E-state index in [1.807, 2.05) is 12.1 Å². The minimum absolute atomic E-state index is 0.0124. The van der Waals surface area contributed by atoms with Gasteiger partial charge in [-0.3, -0.25) is 4.99 Å². The predicted molar refractivity (Wildman–Crippen MR) is 111 cm³/mol. The first-order valence-corrected chi connectivity index (χ1v) is 10.2. The summed E-state index contributed by atoms with van der Waals surface area (Å²) in [6, 6.07) is 8.09. The molecule has 3 aromatic rings. The zero-order chi connectivity index (χ0) is 19.7. The van der Waals surface area contributed by atoms with Crippen molar-refractivity contribution in [1.82, 2.24) is 9.97 Å². The molecule has 0 unspecified atom stereocenters. The fourth-order valence-corrected chi connectivity index (χ4v) is 4.84. The van der Waals surface area contributed by atoms with E-state index in [4.69, 9.17) is 10.7 Å². The molecular formula is C21H22F2N4S. The van der Waals surface area contributed by atoms with Gasteiger partial charge in [-0.05, 0) is 49.4 Å². The molecule has 3 heterocycles. The second-order valence-corrected chi connectivity index (χ2v) is 8.51. The zero-order valence-corrected chi connectivity index (χ0v) is 16.5. The molecule has 2 N–H and O–H groups in total. The minimum atomic E-state index is -2.47. The van der Waals surface area contributed by atoms with Crippen molar-refractivity contribution in [2.45, 2.75) is 38.0 Å². The molecule has 3 aromatic heterocycles. The van der Waals surface area contributed by atoms with Gasteiger partial charge in [0.15, 0.2) is 0 Å². The molecule has 0 aliphatic heterocycles. The van der Waals surface area contributed by atoms with E-state index in [1.54, 1.807) is 30.8 Å². The van der Waals surface area contributed by atoms with E-state index < -0.39 is 5.92 Å². The molecule has 146 valence electrons. The summed E-state index contributed by atoms with van der Waals surface area (Å²) in [7, 11) is 1.69. The van der Waals surface area contributed by atoms with Gasteiger partial charge in [0.25, 0.3) is 0 Å². The Morgan fingerprint density at radius 1 is 1.29 bits per heavy atom. The molecule has 4 rings (SSSR count). The number of aliphatic imine (C=N–C) groups is 1. The number of alkyl halides is 2. The topological polar surface area (TPSA) is 64.2 Å². The summed E-state index contributed by atoms with van der Waals surface area (Å²) in [6.07, 6.45) is 5.47. The van der Waals surface area contributed by atoms with Crippen molar-refractivity contribution in [2.75, 3.05) is 12.8 Å². The average Bonchev–Trinajstić information content (AvgIpc) is 3.07. The van der Waals surface area contributed by atoms with Crippen molar-refractivity contribution in [3.63, 3.8) is 0 Å². The van der Waals surface area contributed by atoms with Crippen molar-refractivity contribution in [2.24, 2.45) is 10.9 Å². The molecule has 0 radical (unpaired) electrons. The van der Waals surface area contributed by atoms with E-state index in [-0.39, 0.29) is 12.8 Å². The van der Waals surface area contributed by atoms with Gasteiger partial charge in [-0.1, -0.05) is 0 Å². The number of pyridine rings is 2. The molecule has 0 amide bonds. The molecule has 0 bridgehead atoms. The largest absolute Gasteiger partial charge is 0.383 e. The highest BCUT2D eigenvalue weighted by molar-refractivity contribution is 7.18. The van der Waals surface area contributed by atoms with Gasteiger partial charge >= 0.3 is 0 Å². The zero-order valence-electron chi connectivity index (χ0n) is 15.7. The lowest BCUT2D eigenvalue weighted by molar-refractivity contribution is -0.0455. The molecule has 1 saturated carbocycles. The lowest BCUT2D eigenvalue weighted by Gasteiger charge is -2.27. The van der Waals surface area contributed by atoms with Crippen molar-refractivity contribution in [3.8, 4) is 11.3 Å². The van der Waals surface area contributed by atoms with Crippen LogP contribution in [0.5, 0.6) is 0 Å². The van der Waals surface area contributed by atoms with Gasteiger partial charge in [0.1, 0.15) is 10.6 Å².